The summed E-state index contributed by atoms with van der Waals surface area (Å²) in [5.41, 5.74) is 6.63. The smallest absolute Gasteiger partial charge is 0.406 e. The second-order valence-corrected chi connectivity index (χ2v) is 4.37. The zero-order valence-corrected chi connectivity index (χ0v) is 10.8. The van der Waals surface area contributed by atoms with E-state index in [2.05, 4.69) is 9.72 Å². The molecule has 0 aliphatic rings. The van der Waals surface area contributed by atoms with E-state index in [4.69, 9.17) is 5.73 Å². The Labute approximate surface area is 118 Å². The molecule has 0 aliphatic heterocycles. The molecule has 21 heavy (non-hydrogen) atoms. The maximum Gasteiger partial charge on any atom is 0.573 e. The molecule has 7 heteroatoms. The van der Waals surface area contributed by atoms with Crippen molar-refractivity contribution in [2.75, 3.05) is 0 Å². The van der Waals surface area contributed by atoms with Crippen molar-refractivity contribution in [3.8, 4) is 5.75 Å². The minimum absolute atomic E-state index is 0.119. The highest BCUT2D eigenvalue weighted by molar-refractivity contribution is 5.28. The van der Waals surface area contributed by atoms with Gasteiger partial charge in [0.2, 0.25) is 0 Å². The van der Waals surface area contributed by atoms with Gasteiger partial charge >= 0.3 is 6.36 Å². The molecule has 1 atom stereocenters. The van der Waals surface area contributed by atoms with Crippen LogP contribution in [0.25, 0.3) is 0 Å². The average molecular weight is 300 g/mol. The Bertz CT molecular complexity index is 599. The van der Waals surface area contributed by atoms with Crippen LogP contribution in [0.5, 0.6) is 5.75 Å². The fourth-order valence-corrected chi connectivity index (χ4v) is 1.85. The molecule has 2 aromatic rings. The van der Waals surface area contributed by atoms with Crippen LogP contribution in [0.1, 0.15) is 17.3 Å². The van der Waals surface area contributed by atoms with Gasteiger partial charge in [0.25, 0.3) is 0 Å². The first-order valence-electron chi connectivity index (χ1n) is 6.06. The Morgan fingerprint density at radius 1 is 1.14 bits per heavy atom. The predicted octanol–water partition coefficient (Wildman–Crippen LogP) is 3.36. The van der Waals surface area contributed by atoms with Crippen LogP contribution >= 0.6 is 0 Å². The van der Waals surface area contributed by atoms with Gasteiger partial charge in [-0.2, -0.15) is 0 Å². The molecule has 112 valence electrons. The molecule has 1 heterocycles. The lowest BCUT2D eigenvalue weighted by atomic mass is 10.0. The molecule has 0 saturated heterocycles. The molecule has 1 aromatic carbocycles. The van der Waals surface area contributed by atoms with Gasteiger partial charge in [0.1, 0.15) is 11.6 Å². The van der Waals surface area contributed by atoms with Crippen molar-refractivity contribution in [2.45, 2.75) is 18.8 Å². The van der Waals surface area contributed by atoms with Crippen molar-refractivity contribution in [1.82, 2.24) is 4.98 Å². The van der Waals surface area contributed by atoms with Gasteiger partial charge in [-0.25, -0.2) is 4.39 Å². The van der Waals surface area contributed by atoms with Crippen LogP contribution in [-0.2, 0) is 6.42 Å². The predicted molar refractivity (Wildman–Crippen MR) is 68.0 cm³/mol. The van der Waals surface area contributed by atoms with E-state index in [0.717, 1.165) is 0 Å². The molecule has 0 spiro atoms. The second-order valence-electron chi connectivity index (χ2n) is 4.37. The van der Waals surface area contributed by atoms with Crippen LogP contribution in [0.3, 0.4) is 0 Å². The molecule has 2 rings (SSSR count). The number of ether oxygens (including phenoxy) is 1. The summed E-state index contributed by atoms with van der Waals surface area (Å²) in [5.74, 6) is -0.828. The molecule has 1 unspecified atom stereocenters. The third kappa shape index (κ3) is 4.42. The van der Waals surface area contributed by atoms with Crippen LogP contribution in [-0.4, -0.2) is 11.3 Å². The van der Waals surface area contributed by atoms with Crippen LogP contribution < -0.4 is 10.5 Å². The summed E-state index contributed by atoms with van der Waals surface area (Å²) in [6.45, 7) is 0. The van der Waals surface area contributed by atoms with Crippen molar-refractivity contribution in [2.24, 2.45) is 5.73 Å². The number of pyridine rings is 1. The highest BCUT2D eigenvalue weighted by Gasteiger charge is 2.30. The summed E-state index contributed by atoms with van der Waals surface area (Å²) in [5, 5.41) is 0. The Kier molecular flexibility index (Phi) is 4.42. The number of aromatic nitrogens is 1. The van der Waals surface area contributed by atoms with E-state index in [1.54, 1.807) is 0 Å². The molecule has 0 amide bonds. The molecule has 0 aliphatic carbocycles. The topological polar surface area (TPSA) is 48.1 Å². The average Bonchev–Trinajstić information content (AvgIpc) is 2.40. The Morgan fingerprint density at radius 3 is 2.38 bits per heavy atom. The SMILES string of the molecule is NC(Cc1ccc(OC(F)(F)F)cc1)c1ncccc1F. The van der Waals surface area contributed by atoms with E-state index < -0.39 is 18.2 Å². The van der Waals surface area contributed by atoms with Crippen molar-refractivity contribution >= 4 is 0 Å². The minimum atomic E-state index is -4.73. The highest BCUT2D eigenvalue weighted by atomic mass is 19.4. The summed E-state index contributed by atoms with van der Waals surface area (Å²) in [6, 6.07) is 7.29. The zero-order valence-electron chi connectivity index (χ0n) is 10.8. The first kappa shape index (κ1) is 15.2. The molecule has 0 fully saturated rings. The molecule has 0 bridgehead atoms. The third-order valence-corrected chi connectivity index (χ3v) is 2.75. The van der Waals surface area contributed by atoms with Crippen LogP contribution in [0, 0.1) is 5.82 Å². The molecule has 1 aromatic heterocycles. The zero-order chi connectivity index (χ0) is 15.5. The van der Waals surface area contributed by atoms with Crippen LogP contribution in [0.4, 0.5) is 17.6 Å². The molecule has 0 saturated carbocycles. The number of hydrogen-bond donors (Lipinski definition) is 1. The highest BCUT2D eigenvalue weighted by Crippen LogP contribution is 2.24. The van der Waals surface area contributed by atoms with Gasteiger partial charge in [0, 0.05) is 6.20 Å². The first-order chi connectivity index (χ1) is 9.85. The van der Waals surface area contributed by atoms with E-state index in [1.165, 1.54) is 42.6 Å². The van der Waals surface area contributed by atoms with Gasteiger partial charge in [0.05, 0.1) is 11.7 Å². The van der Waals surface area contributed by atoms with E-state index in [1.807, 2.05) is 0 Å². The van der Waals surface area contributed by atoms with Crippen molar-refractivity contribution in [3.05, 3.63) is 59.7 Å². The number of halogens is 4. The maximum absolute atomic E-state index is 13.5. The summed E-state index contributed by atoms with van der Waals surface area (Å²) in [7, 11) is 0. The maximum atomic E-state index is 13.5. The summed E-state index contributed by atoms with van der Waals surface area (Å²) < 4.78 is 53.3. The van der Waals surface area contributed by atoms with Gasteiger partial charge in [-0.1, -0.05) is 12.1 Å². The first-order valence-corrected chi connectivity index (χ1v) is 6.06. The number of alkyl halides is 3. The summed E-state index contributed by atoms with van der Waals surface area (Å²) in [4.78, 5) is 3.87. The van der Waals surface area contributed by atoms with E-state index in [9.17, 15) is 17.6 Å². The van der Waals surface area contributed by atoms with Crippen LogP contribution in [0.15, 0.2) is 42.6 Å². The number of benzene rings is 1. The number of hydrogen-bond acceptors (Lipinski definition) is 3. The van der Waals surface area contributed by atoms with Gasteiger partial charge < -0.3 is 10.5 Å². The monoisotopic (exact) mass is 300 g/mol. The van der Waals surface area contributed by atoms with E-state index in [0.29, 0.717) is 5.56 Å². The molecule has 3 nitrogen and oxygen atoms in total. The van der Waals surface area contributed by atoms with Crippen LogP contribution in [0.2, 0.25) is 0 Å². The number of rotatable bonds is 4. The molecule has 2 N–H and O–H groups in total. The Hall–Kier alpha value is -2.15. The van der Waals surface area contributed by atoms with Gasteiger partial charge in [-0.05, 0) is 36.2 Å². The fourth-order valence-electron chi connectivity index (χ4n) is 1.85. The van der Waals surface area contributed by atoms with E-state index in [-0.39, 0.29) is 17.9 Å². The summed E-state index contributed by atoms with van der Waals surface area (Å²) in [6.07, 6.45) is -3.05. The second kappa shape index (κ2) is 6.09. The Morgan fingerprint density at radius 2 is 1.81 bits per heavy atom. The van der Waals surface area contributed by atoms with Gasteiger partial charge in [-0.15, -0.1) is 13.2 Å². The largest absolute Gasteiger partial charge is 0.573 e. The normalized spacial score (nSPS) is 13.0. The number of nitrogens with zero attached hydrogens (tertiary/aromatic N) is 1. The quantitative estimate of drug-likeness (QED) is 0.881. The fraction of sp³-hybridized carbons (Fsp3) is 0.214. The van der Waals surface area contributed by atoms with Crippen molar-refractivity contribution < 1.29 is 22.3 Å². The summed E-state index contributed by atoms with van der Waals surface area (Å²) >= 11 is 0. The standard InChI is InChI=1S/C14H12F4N2O/c15-11-2-1-7-20-13(11)12(19)8-9-3-5-10(6-4-9)21-14(16,17)18/h1-7,12H,8,19H2. The lowest BCUT2D eigenvalue weighted by Crippen LogP contribution is -2.18. The molecule has 0 radical (unpaired) electrons. The lowest BCUT2D eigenvalue weighted by molar-refractivity contribution is -0.274. The minimum Gasteiger partial charge on any atom is -0.406 e. The van der Waals surface area contributed by atoms with E-state index >= 15 is 0 Å². The van der Waals surface area contributed by atoms with Crippen molar-refractivity contribution in [3.63, 3.8) is 0 Å². The molecular weight excluding hydrogens is 288 g/mol. The Balaban J connectivity index is 2.05. The number of nitrogens with two attached hydrogens (primary N) is 1. The lowest BCUT2D eigenvalue weighted by Gasteiger charge is -2.13. The van der Waals surface area contributed by atoms with Gasteiger partial charge in [0.15, 0.2) is 0 Å². The third-order valence-electron chi connectivity index (χ3n) is 2.75. The van der Waals surface area contributed by atoms with Crippen molar-refractivity contribution in [1.29, 1.82) is 0 Å². The molecular formula is C14H12F4N2O. The van der Waals surface area contributed by atoms with Gasteiger partial charge in [-0.3, -0.25) is 4.98 Å².